The highest BCUT2D eigenvalue weighted by Gasteiger charge is 2.34. The average molecular weight is 373 g/mol. The van der Waals surface area contributed by atoms with Crippen molar-refractivity contribution < 1.29 is 9.53 Å². The molecule has 0 radical (unpaired) electrons. The summed E-state index contributed by atoms with van der Waals surface area (Å²) in [5.74, 6) is -0.0617. The molecule has 0 unspecified atom stereocenters. The maximum atomic E-state index is 11.6. The van der Waals surface area contributed by atoms with Gasteiger partial charge in [0.2, 0.25) is 0 Å². The minimum absolute atomic E-state index is 0.0617. The van der Waals surface area contributed by atoms with Gasteiger partial charge in [-0.15, -0.1) is 0 Å². The first-order valence-electron chi connectivity index (χ1n) is 8.98. The maximum Gasteiger partial charge on any atom is 0.251 e. The number of nitrogens with one attached hydrogen (secondary N) is 2. The number of carbonyl (C=O) groups excluding carboxylic acids is 1. The van der Waals surface area contributed by atoms with Gasteiger partial charge in [-0.1, -0.05) is 35.9 Å². The molecule has 2 aromatic rings. The van der Waals surface area contributed by atoms with E-state index in [4.69, 9.17) is 16.3 Å². The molecule has 1 aliphatic heterocycles. The highest BCUT2D eigenvalue weighted by molar-refractivity contribution is 6.30. The van der Waals surface area contributed by atoms with E-state index in [0.717, 1.165) is 49.7 Å². The molecular formula is C21H25ClN2O2. The Hall–Kier alpha value is -1.88. The van der Waals surface area contributed by atoms with E-state index in [0.29, 0.717) is 5.56 Å². The van der Waals surface area contributed by atoms with E-state index in [1.807, 2.05) is 36.4 Å². The van der Waals surface area contributed by atoms with Gasteiger partial charge < -0.3 is 15.4 Å². The molecule has 2 N–H and O–H groups in total. The summed E-state index contributed by atoms with van der Waals surface area (Å²) in [6.07, 6.45) is 1.99. The van der Waals surface area contributed by atoms with Crippen LogP contribution in [-0.2, 0) is 16.7 Å². The van der Waals surface area contributed by atoms with Gasteiger partial charge in [0, 0.05) is 49.4 Å². The first-order chi connectivity index (χ1) is 12.6. The van der Waals surface area contributed by atoms with Gasteiger partial charge in [-0.3, -0.25) is 4.79 Å². The fourth-order valence-electron chi connectivity index (χ4n) is 3.50. The molecule has 0 atom stereocenters. The molecule has 1 fully saturated rings. The van der Waals surface area contributed by atoms with Crippen LogP contribution in [0.2, 0.25) is 5.02 Å². The molecule has 4 nitrogen and oxygen atoms in total. The van der Waals surface area contributed by atoms with Crippen molar-refractivity contribution in [3.8, 4) is 0 Å². The van der Waals surface area contributed by atoms with Gasteiger partial charge in [0.15, 0.2) is 0 Å². The number of hydrogen-bond donors (Lipinski definition) is 2. The fraction of sp³-hybridized carbons (Fsp3) is 0.381. The molecular weight excluding hydrogens is 348 g/mol. The summed E-state index contributed by atoms with van der Waals surface area (Å²) in [4.78, 5) is 11.6. The zero-order valence-electron chi connectivity index (χ0n) is 15.1. The normalized spacial score (nSPS) is 16.2. The zero-order valence-corrected chi connectivity index (χ0v) is 15.8. The van der Waals surface area contributed by atoms with Crippen LogP contribution < -0.4 is 10.6 Å². The third-order valence-corrected chi connectivity index (χ3v) is 5.39. The Morgan fingerprint density at radius 3 is 2.35 bits per heavy atom. The Balaban J connectivity index is 1.65. The van der Waals surface area contributed by atoms with Crippen LogP contribution in [0, 0.1) is 0 Å². The second kappa shape index (κ2) is 8.67. The first-order valence-corrected chi connectivity index (χ1v) is 9.36. The van der Waals surface area contributed by atoms with Crippen molar-refractivity contribution in [3.05, 3.63) is 70.2 Å². The Morgan fingerprint density at radius 2 is 1.73 bits per heavy atom. The van der Waals surface area contributed by atoms with Crippen LogP contribution in [0.3, 0.4) is 0 Å². The van der Waals surface area contributed by atoms with Crippen molar-refractivity contribution in [2.45, 2.75) is 24.8 Å². The van der Waals surface area contributed by atoms with Crippen LogP contribution in [-0.4, -0.2) is 32.7 Å². The van der Waals surface area contributed by atoms with E-state index in [1.165, 1.54) is 5.56 Å². The molecule has 26 heavy (non-hydrogen) atoms. The molecule has 2 aromatic carbocycles. The van der Waals surface area contributed by atoms with Gasteiger partial charge in [-0.2, -0.15) is 0 Å². The molecule has 1 saturated heterocycles. The molecule has 0 aliphatic carbocycles. The number of halogens is 1. The van der Waals surface area contributed by atoms with Crippen molar-refractivity contribution in [1.29, 1.82) is 0 Å². The molecule has 0 spiro atoms. The highest BCUT2D eigenvalue weighted by Crippen LogP contribution is 2.35. The summed E-state index contributed by atoms with van der Waals surface area (Å²) in [6.45, 7) is 3.22. The van der Waals surface area contributed by atoms with Gasteiger partial charge in [0.25, 0.3) is 5.91 Å². The van der Waals surface area contributed by atoms with Crippen LogP contribution in [0.1, 0.15) is 34.3 Å². The van der Waals surface area contributed by atoms with Crippen molar-refractivity contribution in [3.63, 3.8) is 0 Å². The first kappa shape index (κ1) is 18.9. The number of hydrogen-bond acceptors (Lipinski definition) is 3. The lowest BCUT2D eigenvalue weighted by Crippen LogP contribution is -2.42. The summed E-state index contributed by atoms with van der Waals surface area (Å²) in [5, 5.41) is 7.00. The van der Waals surface area contributed by atoms with Crippen LogP contribution in [0.5, 0.6) is 0 Å². The smallest absolute Gasteiger partial charge is 0.251 e. The quantitative estimate of drug-likeness (QED) is 0.815. The topological polar surface area (TPSA) is 50.4 Å². The van der Waals surface area contributed by atoms with Gasteiger partial charge in [0.05, 0.1) is 0 Å². The monoisotopic (exact) mass is 372 g/mol. The standard InChI is InChI=1S/C21H25ClN2O2/c1-23-20(25)17-4-2-16(3-5-17)14-24-15-21(10-12-26-13-11-21)18-6-8-19(22)9-7-18/h2-9,24H,10-15H2,1H3,(H,23,25). The second-order valence-corrected chi connectivity index (χ2v) is 7.22. The highest BCUT2D eigenvalue weighted by atomic mass is 35.5. The predicted octanol–water partition coefficient (Wildman–Crippen LogP) is 3.54. The van der Waals surface area contributed by atoms with Gasteiger partial charge in [-0.25, -0.2) is 0 Å². The van der Waals surface area contributed by atoms with E-state index in [1.54, 1.807) is 7.05 Å². The number of rotatable bonds is 6. The van der Waals surface area contributed by atoms with Crippen molar-refractivity contribution in [2.24, 2.45) is 0 Å². The molecule has 138 valence electrons. The second-order valence-electron chi connectivity index (χ2n) is 6.78. The van der Waals surface area contributed by atoms with E-state index in [2.05, 4.69) is 22.8 Å². The van der Waals surface area contributed by atoms with Crippen LogP contribution in [0.25, 0.3) is 0 Å². The molecule has 0 bridgehead atoms. The third kappa shape index (κ3) is 4.44. The minimum atomic E-state index is -0.0617. The predicted molar refractivity (Wildman–Crippen MR) is 105 cm³/mol. The lowest BCUT2D eigenvalue weighted by molar-refractivity contribution is 0.0498. The Morgan fingerprint density at radius 1 is 1.08 bits per heavy atom. The summed E-state index contributed by atoms with van der Waals surface area (Å²) >= 11 is 6.06. The Labute approximate surface area is 159 Å². The molecule has 3 rings (SSSR count). The third-order valence-electron chi connectivity index (χ3n) is 5.14. The molecule has 1 aliphatic rings. The lowest BCUT2D eigenvalue weighted by Gasteiger charge is -2.38. The molecule has 5 heteroatoms. The van der Waals surface area contributed by atoms with E-state index in [-0.39, 0.29) is 11.3 Å². The van der Waals surface area contributed by atoms with E-state index >= 15 is 0 Å². The van der Waals surface area contributed by atoms with Crippen LogP contribution in [0.15, 0.2) is 48.5 Å². The van der Waals surface area contributed by atoms with E-state index < -0.39 is 0 Å². The number of carbonyl (C=O) groups is 1. The number of ether oxygens (including phenoxy) is 1. The van der Waals surface area contributed by atoms with Crippen molar-refractivity contribution in [2.75, 3.05) is 26.8 Å². The van der Waals surface area contributed by atoms with Crippen molar-refractivity contribution >= 4 is 17.5 Å². The molecule has 0 saturated carbocycles. The van der Waals surface area contributed by atoms with E-state index in [9.17, 15) is 4.79 Å². The largest absolute Gasteiger partial charge is 0.381 e. The van der Waals surface area contributed by atoms with Gasteiger partial charge >= 0.3 is 0 Å². The number of benzene rings is 2. The summed E-state index contributed by atoms with van der Waals surface area (Å²) in [6, 6.07) is 15.9. The SMILES string of the molecule is CNC(=O)c1ccc(CNCC2(c3ccc(Cl)cc3)CCOCC2)cc1. The Bertz CT molecular complexity index is 723. The fourth-order valence-corrected chi connectivity index (χ4v) is 3.62. The molecule has 0 aromatic heterocycles. The molecule has 1 amide bonds. The average Bonchev–Trinajstić information content (AvgIpc) is 2.69. The lowest BCUT2D eigenvalue weighted by atomic mass is 9.74. The minimum Gasteiger partial charge on any atom is -0.381 e. The van der Waals surface area contributed by atoms with Crippen molar-refractivity contribution in [1.82, 2.24) is 10.6 Å². The van der Waals surface area contributed by atoms with Gasteiger partial charge in [-0.05, 0) is 48.2 Å². The Kier molecular flexibility index (Phi) is 6.30. The van der Waals surface area contributed by atoms with Crippen LogP contribution in [0.4, 0.5) is 0 Å². The maximum absolute atomic E-state index is 11.6. The van der Waals surface area contributed by atoms with Gasteiger partial charge in [0.1, 0.15) is 0 Å². The molecule has 1 heterocycles. The summed E-state index contributed by atoms with van der Waals surface area (Å²) in [5.41, 5.74) is 3.23. The summed E-state index contributed by atoms with van der Waals surface area (Å²) < 4.78 is 5.59. The number of amides is 1. The zero-order chi connectivity index (χ0) is 18.4. The summed E-state index contributed by atoms with van der Waals surface area (Å²) in [7, 11) is 1.64. The van der Waals surface area contributed by atoms with Crippen LogP contribution >= 0.6 is 11.6 Å².